The number of aryl methyl sites for hydroxylation is 1. The molecule has 0 aliphatic rings. The van der Waals surface area contributed by atoms with Crippen molar-refractivity contribution in [2.45, 2.75) is 27.2 Å². The molecule has 2 aromatic rings. The maximum atomic E-state index is 12.2. The van der Waals surface area contributed by atoms with E-state index in [-0.39, 0.29) is 13.2 Å². The number of thiophene rings is 1. The van der Waals surface area contributed by atoms with E-state index < -0.39 is 11.9 Å². The number of esters is 1. The van der Waals surface area contributed by atoms with Crippen LogP contribution in [0.4, 0.5) is 5.00 Å². The maximum Gasteiger partial charge on any atom is 0.341 e. The predicted molar refractivity (Wildman–Crippen MR) is 116 cm³/mol. The lowest BCUT2D eigenvalue weighted by Crippen LogP contribution is -2.18. The molecule has 1 heterocycles. The molecule has 0 saturated heterocycles. The fourth-order valence-corrected chi connectivity index (χ4v) is 3.47. The highest BCUT2D eigenvalue weighted by molar-refractivity contribution is 7.16. The third kappa shape index (κ3) is 6.48. The molecular weight excluding hydrogens is 408 g/mol. The van der Waals surface area contributed by atoms with Crippen molar-refractivity contribution in [3.63, 3.8) is 0 Å². The van der Waals surface area contributed by atoms with Crippen molar-refractivity contribution in [2.75, 3.05) is 32.2 Å². The van der Waals surface area contributed by atoms with Gasteiger partial charge < -0.3 is 24.4 Å². The number of benzene rings is 1. The van der Waals surface area contributed by atoms with Gasteiger partial charge >= 0.3 is 5.97 Å². The maximum absolute atomic E-state index is 12.2. The summed E-state index contributed by atoms with van der Waals surface area (Å²) in [5.41, 5.74) is 1.07. The number of ether oxygens (including phenoxy) is 3. The zero-order valence-corrected chi connectivity index (χ0v) is 18.3. The number of anilines is 1. The minimum atomic E-state index is -0.466. The molecule has 0 spiro atoms. The van der Waals surface area contributed by atoms with Crippen LogP contribution in [-0.4, -0.2) is 45.0 Å². The zero-order chi connectivity index (χ0) is 21.9. The molecule has 0 bridgehead atoms. The highest BCUT2D eigenvalue weighted by atomic mass is 32.1. The van der Waals surface area contributed by atoms with Crippen molar-refractivity contribution in [1.82, 2.24) is 0 Å². The second-order valence-electron chi connectivity index (χ2n) is 5.93. The topological polar surface area (TPSA) is 95.5 Å². The number of hydrogen-bond donors (Lipinski definition) is 1. The molecule has 1 N–H and O–H groups in total. The first-order valence-electron chi connectivity index (χ1n) is 9.58. The molecule has 0 aliphatic heterocycles. The lowest BCUT2D eigenvalue weighted by molar-refractivity contribution is -0.120. The van der Waals surface area contributed by atoms with Crippen LogP contribution < -0.4 is 14.8 Å². The Morgan fingerprint density at radius 2 is 1.93 bits per heavy atom. The zero-order valence-electron chi connectivity index (χ0n) is 17.5. The summed E-state index contributed by atoms with van der Waals surface area (Å²) in [5, 5.41) is 6.94. The van der Waals surface area contributed by atoms with Crippen LogP contribution in [0.3, 0.4) is 0 Å². The summed E-state index contributed by atoms with van der Waals surface area (Å²) in [5.74, 6) is 0.324. The molecule has 0 aliphatic carbocycles. The molecule has 162 valence electrons. The van der Waals surface area contributed by atoms with E-state index in [1.54, 1.807) is 38.3 Å². The van der Waals surface area contributed by atoms with E-state index in [1.165, 1.54) is 17.6 Å². The van der Waals surface area contributed by atoms with Crippen LogP contribution in [0, 0.1) is 0 Å². The average Bonchev–Trinajstić information content (AvgIpc) is 3.15. The Balaban J connectivity index is 1.94. The van der Waals surface area contributed by atoms with Crippen LogP contribution in [0.1, 0.15) is 41.6 Å². The summed E-state index contributed by atoms with van der Waals surface area (Å²) in [6, 6.07) is 7.05. The van der Waals surface area contributed by atoms with Crippen LogP contribution in [0.5, 0.6) is 11.5 Å². The van der Waals surface area contributed by atoms with Crippen LogP contribution in [0.15, 0.2) is 29.4 Å². The summed E-state index contributed by atoms with van der Waals surface area (Å²) in [6.45, 7) is 6.09. The van der Waals surface area contributed by atoms with Crippen LogP contribution in [0.25, 0.3) is 0 Å². The molecule has 0 unspecified atom stereocenters. The van der Waals surface area contributed by atoms with Crippen LogP contribution in [-0.2, 0) is 20.8 Å². The Morgan fingerprint density at radius 1 is 1.13 bits per heavy atom. The summed E-state index contributed by atoms with van der Waals surface area (Å²) >= 11 is 1.33. The average molecular weight is 435 g/mol. The fraction of sp³-hybridized carbons (Fsp3) is 0.381. The highest BCUT2D eigenvalue weighted by Gasteiger charge is 2.18. The predicted octanol–water partition coefficient (Wildman–Crippen LogP) is 3.88. The van der Waals surface area contributed by atoms with Crippen molar-refractivity contribution in [1.29, 1.82) is 0 Å². The summed E-state index contributed by atoms with van der Waals surface area (Å²) in [6.07, 6.45) is 2.22. The van der Waals surface area contributed by atoms with Crippen molar-refractivity contribution >= 4 is 34.4 Å². The molecule has 1 amide bonds. The minimum absolute atomic E-state index is 0.262. The monoisotopic (exact) mass is 434 g/mol. The summed E-state index contributed by atoms with van der Waals surface area (Å²) in [7, 11) is 1.55. The van der Waals surface area contributed by atoms with Gasteiger partial charge in [0.2, 0.25) is 0 Å². The van der Waals surface area contributed by atoms with E-state index in [4.69, 9.17) is 19.0 Å². The Morgan fingerprint density at radius 3 is 2.60 bits per heavy atom. The van der Waals surface area contributed by atoms with E-state index >= 15 is 0 Å². The Bertz CT molecular complexity index is 894. The number of carbonyl (C=O) groups excluding carboxylic acids is 2. The second kappa shape index (κ2) is 11.8. The Labute approximate surface area is 179 Å². The van der Waals surface area contributed by atoms with E-state index in [2.05, 4.69) is 10.5 Å². The summed E-state index contributed by atoms with van der Waals surface area (Å²) < 4.78 is 15.8. The molecule has 8 nitrogen and oxygen atoms in total. The Hall–Kier alpha value is -3.07. The summed E-state index contributed by atoms with van der Waals surface area (Å²) in [4.78, 5) is 30.3. The van der Waals surface area contributed by atoms with Crippen LogP contribution in [0.2, 0.25) is 0 Å². The van der Waals surface area contributed by atoms with Gasteiger partial charge in [-0.05, 0) is 44.5 Å². The lowest BCUT2D eigenvalue weighted by atomic mass is 10.2. The van der Waals surface area contributed by atoms with Gasteiger partial charge in [0.15, 0.2) is 18.1 Å². The number of nitrogens with one attached hydrogen (secondary N) is 1. The largest absolute Gasteiger partial charge is 0.493 e. The minimum Gasteiger partial charge on any atom is -0.493 e. The molecule has 9 heteroatoms. The van der Waals surface area contributed by atoms with Crippen LogP contribution >= 0.6 is 11.3 Å². The van der Waals surface area contributed by atoms with E-state index in [0.29, 0.717) is 28.7 Å². The molecule has 0 atom stereocenters. The normalized spacial score (nSPS) is 10.7. The van der Waals surface area contributed by atoms with E-state index in [0.717, 1.165) is 16.9 Å². The van der Waals surface area contributed by atoms with Gasteiger partial charge in [-0.15, -0.1) is 11.3 Å². The lowest BCUT2D eigenvalue weighted by Gasteiger charge is -2.09. The molecule has 0 radical (unpaired) electrons. The van der Waals surface area contributed by atoms with Gasteiger partial charge in [0.25, 0.3) is 5.91 Å². The number of methoxy groups -OCH3 is 1. The Kier molecular flexibility index (Phi) is 9.14. The quantitative estimate of drug-likeness (QED) is 0.328. The molecular formula is C21H26N2O6S. The van der Waals surface area contributed by atoms with Crippen molar-refractivity contribution in [3.8, 4) is 11.5 Å². The number of rotatable bonds is 11. The molecule has 0 saturated carbocycles. The van der Waals surface area contributed by atoms with Gasteiger partial charge in [-0.2, -0.15) is 0 Å². The number of hydrogen-bond acceptors (Lipinski definition) is 8. The highest BCUT2D eigenvalue weighted by Crippen LogP contribution is 2.29. The van der Waals surface area contributed by atoms with Crippen molar-refractivity contribution in [2.24, 2.45) is 5.16 Å². The third-order valence-corrected chi connectivity index (χ3v) is 5.03. The SMILES string of the molecule is CCOC(=O)c1cc(CC)sc1NC(=O)CO/N=C/c1ccc(OCC)c(OC)c1. The van der Waals surface area contributed by atoms with Crippen molar-refractivity contribution in [3.05, 3.63) is 40.3 Å². The first-order valence-corrected chi connectivity index (χ1v) is 10.4. The van der Waals surface area contributed by atoms with Gasteiger partial charge in [-0.1, -0.05) is 12.1 Å². The standard InChI is InChI=1S/C21H26N2O6S/c1-5-15-11-16(21(25)28-7-3)20(30-15)23-19(24)13-29-22-12-14-8-9-17(27-6-2)18(10-14)26-4/h8-12H,5-7,13H2,1-4H3,(H,23,24)/b22-12+. The van der Waals surface area contributed by atoms with Gasteiger partial charge in [0.1, 0.15) is 5.00 Å². The smallest absolute Gasteiger partial charge is 0.341 e. The first kappa shape index (κ1) is 23.2. The number of amides is 1. The van der Waals surface area contributed by atoms with Gasteiger partial charge in [0.05, 0.1) is 32.1 Å². The molecule has 1 aromatic heterocycles. The van der Waals surface area contributed by atoms with Crippen molar-refractivity contribution < 1.29 is 28.6 Å². The van der Waals surface area contributed by atoms with Gasteiger partial charge in [0, 0.05) is 10.4 Å². The molecule has 2 rings (SSSR count). The number of carbonyl (C=O) groups is 2. The molecule has 0 fully saturated rings. The first-order chi connectivity index (χ1) is 14.5. The fourth-order valence-electron chi connectivity index (χ4n) is 2.47. The second-order valence-corrected chi connectivity index (χ2v) is 7.07. The van der Waals surface area contributed by atoms with E-state index in [1.807, 2.05) is 13.8 Å². The van der Waals surface area contributed by atoms with Gasteiger partial charge in [-0.3, -0.25) is 4.79 Å². The number of nitrogens with zero attached hydrogens (tertiary/aromatic N) is 1. The van der Waals surface area contributed by atoms with Gasteiger partial charge in [-0.25, -0.2) is 4.79 Å². The molecule has 1 aromatic carbocycles. The third-order valence-electron chi connectivity index (χ3n) is 3.84. The van der Waals surface area contributed by atoms with E-state index in [9.17, 15) is 9.59 Å². The number of oxime groups is 1. The molecule has 30 heavy (non-hydrogen) atoms.